The lowest BCUT2D eigenvalue weighted by molar-refractivity contribution is 0.100. The van der Waals surface area contributed by atoms with E-state index >= 15 is 0 Å². The lowest BCUT2D eigenvalue weighted by Gasteiger charge is -2.34. The first-order valence-electron chi connectivity index (χ1n) is 12.1. The molecule has 5 nitrogen and oxygen atoms in total. The highest BCUT2D eigenvalue weighted by atomic mass is 33.1. The number of anilines is 2. The van der Waals surface area contributed by atoms with Gasteiger partial charge in [-0.05, 0) is 92.5 Å². The van der Waals surface area contributed by atoms with Crippen molar-refractivity contribution in [2.75, 3.05) is 55.3 Å². The maximum Gasteiger partial charge on any atom is 0.159 e. The van der Waals surface area contributed by atoms with Crippen LogP contribution in [0, 0.1) is 0 Å². The van der Waals surface area contributed by atoms with Gasteiger partial charge >= 0.3 is 0 Å². The number of carbonyl (C=O) groups is 2. The van der Waals surface area contributed by atoms with Crippen molar-refractivity contribution in [1.29, 1.82) is 0 Å². The Bertz CT molecular complexity index is 874. The fraction of sp³-hybridized carbons (Fsp3) is 0.481. The van der Waals surface area contributed by atoms with Gasteiger partial charge in [0.1, 0.15) is 0 Å². The number of hydrogen-bond donors (Lipinski definition) is 0. The van der Waals surface area contributed by atoms with Gasteiger partial charge in [-0.2, -0.15) is 0 Å². The Morgan fingerprint density at radius 3 is 1.68 bits per heavy atom. The lowest BCUT2D eigenvalue weighted by Crippen LogP contribution is -2.43. The number of carbonyl (C=O) groups excluding carboxylic acids is 2. The molecule has 1 aliphatic rings. The van der Waals surface area contributed by atoms with E-state index in [1.807, 2.05) is 59.5 Å². The number of Topliss-reactive ketones (excluding diaryl/α,β-unsaturated/α-hetero) is 2. The van der Waals surface area contributed by atoms with E-state index in [4.69, 9.17) is 0 Å². The van der Waals surface area contributed by atoms with E-state index in [1.54, 1.807) is 24.6 Å². The summed E-state index contributed by atoms with van der Waals surface area (Å²) in [5, 5.41) is 0. The molecule has 0 aromatic heterocycles. The van der Waals surface area contributed by atoms with Crippen molar-refractivity contribution < 1.29 is 9.59 Å². The van der Waals surface area contributed by atoms with E-state index in [1.165, 1.54) is 11.4 Å². The first-order valence-corrected chi connectivity index (χ1v) is 14.6. The summed E-state index contributed by atoms with van der Waals surface area (Å²) in [7, 11) is 3.63. The summed E-state index contributed by atoms with van der Waals surface area (Å²) in [6, 6.07) is 15.8. The van der Waals surface area contributed by atoms with Crippen LogP contribution in [0.25, 0.3) is 0 Å². The molecular formula is C27H39N3O2S2. The zero-order valence-corrected chi connectivity index (χ0v) is 22.9. The second-order valence-electron chi connectivity index (χ2n) is 8.35. The molecule has 0 amide bonds. The zero-order valence-electron chi connectivity index (χ0n) is 21.3. The maximum absolute atomic E-state index is 11.2. The molecule has 1 fully saturated rings. The Labute approximate surface area is 213 Å². The van der Waals surface area contributed by atoms with Gasteiger partial charge < -0.3 is 9.80 Å². The third-order valence-electron chi connectivity index (χ3n) is 5.68. The molecule has 186 valence electrons. The molecule has 1 saturated heterocycles. The summed E-state index contributed by atoms with van der Waals surface area (Å²) in [6.45, 7) is 14.0. The SMILES string of the molecule is CCCN(CCC)c1ccc(C(C)=O)cc1.CSSN1CCN(c2ccc(C(C)=O)cc2)CC1. The molecule has 0 unspecified atom stereocenters. The Kier molecular flexibility index (Phi) is 12.6. The van der Waals surface area contributed by atoms with Gasteiger partial charge in [0.2, 0.25) is 0 Å². The van der Waals surface area contributed by atoms with Crippen LogP contribution in [0.1, 0.15) is 61.3 Å². The van der Waals surface area contributed by atoms with Gasteiger partial charge in [-0.3, -0.25) is 9.59 Å². The van der Waals surface area contributed by atoms with Crippen molar-refractivity contribution in [2.45, 2.75) is 40.5 Å². The smallest absolute Gasteiger partial charge is 0.159 e. The predicted octanol–water partition coefficient (Wildman–Crippen LogP) is 6.45. The molecule has 34 heavy (non-hydrogen) atoms. The van der Waals surface area contributed by atoms with Crippen LogP contribution in [0.2, 0.25) is 0 Å². The fourth-order valence-corrected chi connectivity index (χ4v) is 5.45. The summed E-state index contributed by atoms with van der Waals surface area (Å²) in [4.78, 5) is 27.1. The van der Waals surface area contributed by atoms with Crippen molar-refractivity contribution in [3.63, 3.8) is 0 Å². The van der Waals surface area contributed by atoms with Crippen LogP contribution >= 0.6 is 21.8 Å². The first-order chi connectivity index (χ1) is 16.4. The molecule has 2 aromatic carbocycles. The monoisotopic (exact) mass is 501 g/mol. The Morgan fingerprint density at radius 1 is 0.794 bits per heavy atom. The predicted molar refractivity (Wildman–Crippen MR) is 151 cm³/mol. The topological polar surface area (TPSA) is 43.9 Å². The Hall–Kier alpha value is -1.96. The van der Waals surface area contributed by atoms with Crippen molar-refractivity contribution in [1.82, 2.24) is 4.31 Å². The Morgan fingerprint density at radius 2 is 1.26 bits per heavy atom. The number of piperazine rings is 1. The van der Waals surface area contributed by atoms with E-state index in [0.717, 1.165) is 63.2 Å². The van der Waals surface area contributed by atoms with Crippen LogP contribution in [0.3, 0.4) is 0 Å². The second-order valence-corrected chi connectivity index (χ2v) is 10.8. The molecule has 3 rings (SSSR count). The van der Waals surface area contributed by atoms with Gasteiger partial charge in [0, 0.05) is 61.8 Å². The molecule has 1 heterocycles. The highest BCUT2D eigenvalue weighted by Gasteiger charge is 2.17. The minimum atomic E-state index is 0.128. The molecule has 1 aliphatic heterocycles. The van der Waals surface area contributed by atoms with Gasteiger partial charge in [0.25, 0.3) is 0 Å². The van der Waals surface area contributed by atoms with Crippen molar-refractivity contribution >= 4 is 44.7 Å². The minimum Gasteiger partial charge on any atom is -0.372 e. The van der Waals surface area contributed by atoms with Gasteiger partial charge in [-0.25, -0.2) is 4.31 Å². The molecule has 0 saturated carbocycles. The first kappa shape index (κ1) is 28.3. The molecule has 0 N–H and O–H groups in total. The van der Waals surface area contributed by atoms with E-state index in [9.17, 15) is 9.59 Å². The fourth-order valence-electron chi connectivity index (χ4n) is 3.85. The summed E-state index contributed by atoms with van der Waals surface area (Å²) < 4.78 is 2.39. The highest BCUT2D eigenvalue weighted by molar-refractivity contribution is 8.75. The molecular weight excluding hydrogens is 462 g/mol. The normalized spacial score (nSPS) is 13.7. The van der Waals surface area contributed by atoms with Crippen molar-refractivity contribution in [3.8, 4) is 0 Å². The van der Waals surface area contributed by atoms with Crippen molar-refractivity contribution in [3.05, 3.63) is 59.7 Å². The van der Waals surface area contributed by atoms with Gasteiger partial charge in [0.15, 0.2) is 11.6 Å². The average molecular weight is 502 g/mol. The van der Waals surface area contributed by atoms with Crippen LogP contribution in [0.4, 0.5) is 11.4 Å². The number of benzene rings is 2. The summed E-state index contributed by atoms with van der Waals surface area (Å²) in [5.41, 5.74) is 4.01. The number of ketones is 2. The summed E-state index contributed by atoms with van der Waals surface area (Å²) in [5.74, 6) is 0.256. The molecule has 0 radical (unpaired) electrons. The highest BCUT2D eigenvalue weighted by Crippen LogP contribution is 2.26. The quantitative estimate of drug-likeness (QED) is 0.210. The third kappa shape index (κ3) is 9.01. The molecule has 0 spiro atoms. The molecule has 2 aromatic rings. The second kappa shape index (κ2) is 15.1. The van der Waals surface area contributed by atoms with Crippen LogP contribution < -0.4 is 9.80 Å². The van der Waals surface area contributed by atoms with Crippen LogP contribution in [-0.2, 0) is 0 Å². The molecule has 7 heteroatoms. The van der Waals surface area contributed by atoms with Crippen LogP contribution in [-0.4, -0.2) is 61.4 Å². The van der Waals surface area contributed by atoms with E-state index in [0.29, 0.717) is 0 Å². The van der Waals surface area contributed by atoms with Crippen molar-refractivity contribution in [2.24, 2.45) is 0 Å². The van der Waals surface area contributed by atoms with E-state index < -0.39 is 0 Å². The molecule has 0 bridgehead atoms. The van der Waals surface area contributed by atoms with E-state index in [-0.39, 0.29) is 11.6 Å². The summed E-state index contributed by atoms with van der Waals surface area (Å²) in [6.07, 6.45) is 4.40. The van der Waals surface area contributed by atoms with Gasteiger partial charge in [0.05, 0.1) is 0 Å². The zero-order chi connectivity index (χ0) is 24.9. The largest absolute Gasteiger partial charge is 0.372 e. The standard InChI is InChI=1S/C14H21NO.C13H18N2OS2/c1-4-10-15(11-5-2)14-8-6-13(7-9-14)12(3)16;1-11(16)12-3-5-13(6-4-12)14-7-9-15(10-8-14)18-17-2/h6-9H,4-5,10-11H2,1-3H3;3-6H,7-10H2,1-2H3. The number of nitrogens with zero attached hydrogens (tertiary/aromatic N) is 3. The lowest BCUT2D eigenvalue weighted by atomic mass is 10.1. The van der Waals surface area contributed by atoms with Crippen LogP contribution in [0.15, 0.2) is 48.5 Å². The maximum atomic E-state index is 11.2. The summed E-state index contributed by atoms with van der Waals surface area (Å²) >= 11 is 0. The number of hydrogen-bond acceptors (Lipinski definition) is 7. The average Bonchev–Trinajstić information content (AvgIpc) is 2.85. The number of rotatable bonds is 10. The van der Waals surface area contributed by atoms with Gasteiger partial charge in [-0.15, -0.1) is 0 Å². The Balaban J connectivity index is 0.000000242. The minimum absolute atomic E-state index is 0.128. The van der Waals surface area contributed by atoms with E-state index in [2.05, 4.69) is 34.2 Å². The van der Waals surface area contributed by atoms with Crippen LogP contribution in [0.5, 0.6) is 0 Å². The third-order valence-corrected chi connectivity index (χ3v) is 7.49. The molecule has 0 aliphatic carbocycles. The molecule has 0 atom stereocenters. The van der Waals surface area contributed by atoms with Gasteiger partial charge in [-0.1, -0.05) is 24.6 Å².